The van der Waals surface area contributed by atoms with Crippen LogP contribution in [0.15, 0.2) is 40.9 Å². The maximum absolute atomic E-state index is 13.6. The minimum Gasteiger partial charge on any atom is -0.337 e. The van der Waals surface area contributed by atoms with Crippen molar-refractivity contribution in [2.75, 3.05) is 7.05 Å². The molecule has 0 aliphatic carbocycles. The van der Waals surface area contributed by atoms with Gasteiger partial charge >= 0.3 is 0 Å². The number of benzene rings is 2. The molecule has 1 amide bonds. The number of carbonyl (C=O) groups excluding carboxylic acids is 1. The third-order valence-electron chi connectivity index (χ3n) is 3.19. The molecule has 2 rings (SSSR count). The Balaban J connectivity index is 2.17. The first-order valence-corrected chi connectivity index (χ1v) is 7.13. The zero-order valence-corrected chi connectivity index (χ0v) is 13.2. The number of nitrogens with zero attached hydrogens (tertiary/aromatic N) is 1. The third kappa shape index (κ3) is 3.67. The smallest absolute Gasteiger partial charge is 0.253 e. The highest BCUT2D eigenvalue weighted by Gasteiger charge is 2.15. The van der Waals surface area contributed by atoms with Crippen LogP contribution < -0.4 is 0 Å². The van der Waals surface area contributed by atoms with Gasteiger partial charge in [0.15, 0.2) is 0 Å². The number of aryl methyl sites for hydroxylation is 1. The molecule has 0 aromatic heterocycles. The van der Waals surface area contributed by atoms with E-state index in [4.69, 9.17) is 0 Å². The minimum atomic E-state index is -0.653. The molecule has 0 bridgehead atoms. The lowest BCUT2D eigenvalue weighted by atomic mass is 10.1. The molecular weight excluding hydrogens is 340 g/mol. The minimum absolute atomic E-state index is 0.0798. The largest absolute Gasteiger partial charge is 0.337 e. The second-order valence-corrected chi connectivity index (χ2v) is 5.72. The van der Waals surface area contributed by atoms with Crippen LogP contribution in [0.5, 0.6) is 0 Å². The maximum Gasteiger partial charge on any atom is 0.253 e. The van der Waals surface area contributed by atoms with Crippen molar-refractivity contribution in [3.05, 3.63) is 69.2 Å². The molecule has 0 aliphatic heterocycles. The van der Waals surface area contributed by atoms with Crippen LogP contribution in [0.25, 0.3) is 0 Å². The normalized spacial score (nSPS) is 10.5. The molecule has 0 saturated heterocycles. The van der Waals surface area contributed by atoms with Gasteiger partial charge in [0.05, 0.1) is 0 Å². The summed E-state index contributed by atoms with van der Waals surface area (Å²) in [6.45, 7) is 2.01. The number of carbonyl (C=O) groups is 1. The van der Waals surface area contributed by atoms with Gasteiger partial charge in [-0.15, -0.1) is 0 Å². The van der Waals surface area contributed by atoms with E-state index in [0.717, 1.165) is 16.1 Å². The summed E-state index contributed by atoms with van der Waals surface area (Å²) in [6, 6.07) is 8.63. The van der Waals surface area contributed by atoms with Gasteiger partial charge in [0.25, 0.3) is 5.91 Å². The molecule has 0 unspecified atom stereocenters. The van der Waals surface area contributed by atoms with E-state index in [0.29, 0.717) is 5.56 Å². The van der Waals surface area contributed by atoms with Crippen LogP contribution in [0.4, 0.5) is 8.78 Å². The van der Waals surface area contributed by atoms with E-state index in [1.165, 1.54) is 17.0 Å². The number of halogens is 3. The van der Waals surface area contributed by atoms with E-state index in [1.54, 1.807) is 19.2 Å². The molecule has 0 atom stereocenters. The molecule has 2 aromatic carbocycles. The predicted octanol–water partition coefficient (Wildman–Crippen LogP) is 4.31. The molecular formula is C16H14BrF2NO. The van der Waals surface area contributed by atoms with E-state index < -0.39 is 11.6 Å². The molecule has 0 aliphatic rings. The van der Waals surface area contributed by atoms with Crippen molar-refractivity contribution in [3.8, 4) is 0 Å². The molecule has 110 valence electrons. The van der Waals surface area contributed by atoms with Gasteiger partial charge in [0, 0.05) is 35.3 Å². The summed E-state index contributed by atoms with van der Waals surface area (Å²) in [7, 11) is 1.58. The molecule has 0 N–H and O–H groups in total. The Bertz CT molecular complexity index is 688. The highest BCUT2D eigenvalue weighted by atomic mass is 79.9. The summed E-state index contributed by atoms with van der Waals surface area (Å²) in [5, 5.41) is 0. The van der Waals surface area contributed by atoms with Crippen molar-refractivity contribution in [2.45, 2.75) is 13.5 Å². The number of hydrogen-bond acceptors (Lipinski definition) is 1. The average molecular weight is 354 g/mol. The average Bonchev–Trinajstić information content (AvgIpc) is 2.44. The highest BCUT2D eigenvalue weighted by molar-refractivity contribution is 9.10. The number of rotatable bonds is 3. The third-order valence-corrected chi connectivity index (χ3v) is 4.04. The topological polar surface area (TPSA) is 20.3 Å². The lowest BCUT2D eigenvalue weighted by Gasteiger charge is -2.18. The Morgan fingerprint density at radius 1 is 1.19 bits per heavy atom. The van der Waals surface area contributed by atoms with Gasteiger partial charge in [-0.3, -0.25) is 4.79 Å². The van der Waals surface area contributed by atoms with Gasteiger partial charge in [-0.05, 0) is 30.7 Å². The fourth-order valence-electron chi connectivity index (χ4n) is 1.92. The summed E-state index contributed by atoms with van der Waals surface area (Å²) >= 11 is 3.38. The Labute approximate surface area is 130 Å². The van der Waals surface area contributed by atoms with Crippen LogP contribution >= 0.6 is 15.9 Å². The fourth-order valence-corrected chi connectivity index (χ4v) is 2.30. The molecule has 0 saturated carbocycles. The summed E-state index contributed by atoms with van der Waals surface area (Å²) in [5.41, 5.74) is 1.81. The summed E-state index contributed by atoms with van der Waals surface area (Å²) in [6.07, 6.45) is 0. The van der Waals surface area contributed by atoms with E-state index in [9.17, 15) is 13.6 Å². The first-order chi connectivity index (χ1) is 9.88. The van der Waals surface area contributed by atoms with Gasteiger partial charge < -0.3 is 4.90 Å². The van der Waals surface area contributed by atoms with Gasteiger partial charge in [-0.25, -0.2) is 8.78 Å². The first kappa shape index (κ1) is 15.6. The van der Waals surface area contributed by atoms with Crippen molar-refractivity contribution >= 4 is 21.8 Å². The molecule has 2 aromatic rings. The maximum atomic E-state index is 13.6. The highest BCUT2D eigenvalue weighted by Crippen LogP contribution is 2.19. The van der Waals surface area contributed by atoms with Crippen LogP contribution in [-0.4, -0.2) is 17.9 Å². The Morgan fingerprint density at radius 2 is 1.90 bits per heavy atom. The zero-order chi connectivity index (χ0) is 15.6. The summed E-state index contributed by atoms with van der Waals surface area (Å²) in [4.78, 5) is 13.7. The zero-order valence-electron chi connectivity index (χ0n) is 11.7. The Hall–Kier alpha value is -1.75. The second kappa shape index (κ2) is 6.35. The standard InChI is InChI=1S/C16H14BrF2NO/c1-10-3-4-11(7-14(10)17)16(21)20(2)9-12-5-6-13(18)8-15(12)19/h3-8H,9H2,1-2H3. The van der Waals surface area contributed by atoms with Crippen molar-refractivity contribution in [1.29, 1.82) is 0 Å². The van der Waals surface area contributed by atoms with E-state index in [-0.39, 0.29) is 18.0 Å². The van der Waals surface area contributed by atoms with Crippen molar-refractivity contribution in [2.24, 2.45) is 0 Å². The molecule has 0 fully saturated rings. The molecule has 0 radical (unpaired) electrons. The number of amides is 1. The number of hydrogen-bond donors (Lipinski definition) is 0. The van der Waals surface area contributed by atoms with E-state index >= 15 is 0 Å². The van der Waals surface area contributed by atoms with Crippen molar-refractivity contribution in [1.82, 2.24) is 4.90 Å². The van der Waals surface area contributed by atoms with Crippen LogP contribution in [0.2, 0.25) is 0 Å². The molecule has 21 heavy (non-hydrogen) atoms. The fraction of sp³-hybridized carbons (Fsp3) is 0.188. The molecule has 5 heteroatoms. The van der Waals surface area contributed by atoms with Crippen molar-refractivity contribution < 1.29 is 13.6 Å². The van der Waals surface area contributed by atoms with E-state index in [1.807, 2.05) is 13.0 Å². The Kier molecular flexibility index (Phi) is 4.73. The molecule has 0 heterocycles. The van der Waals surface area contributed by atoms with Crippen LogP contribution in [0, 0.1) is 18.6 Å². The second-order valence-electron chi connectivity index (χ2n) is 4.86. The quantitative estimate of drug-likeness (QED) is 0.805. The van der Waals surface area contributed by atoms with Gasteiger partial charge in [0.1, 0.15) is 11.6 Å². The van der Waals surface area contributed by atoms with E-state index in [2.05, 4.69) is 15.9 Å². The van der Waals surface area contributed by atoms with Crippen LogP contribution in [0.3, 0.4) is 0 Å². The predicted molar refractivity (Wildman–Crippen MR) is 81.0 cm³/mol. The summed E-state index contributed by atoms with van der Waals surface area (Å²) < 4.78 is 27.3. The Morgan fingerprint density at radius 3 is 2.52 bits per heavy atom. The summed E-state index contributed by atoms with van der Waals surface area (Å²) in [5.74, 6) is -1.51. The van der Waals surface area contributed by atoms with Crippen LogP contribution in [0.1, 0.15) is 21.5 Å². The lowest BCUT2D eigenvalue weighted by molar-refractivity contribution is 0.0784. The first-order valence-electron chi connectivity index (χ1n) is 6.34. The van der Waals surface area contributed by atoms with Crippen LogP contribution in [-0.2, 0) is 6.54 Å². The van der Waals surface area contributed by atoms with Gasteiger partial charge in [-0.2, -0.15) is 0 Å². The lowest BCUT2D eigenvalue weighted by Crippen LogP contribution is -2.26. The van der Waals surface area contributed by atoms with Gasteiger partial charge in [-0.1, -0.05) is 28.1 Å². The monoisotopic (exact) mass is 353 g/mol. The van der Waals surface area contributed by atoms with Gasteiger partial charge in [0.2, 0.25) is 0 Å². The van der Waals surface area contributed by atoms with Crippen molar-refractivity contribution in [3.63, 3.8) is 0 Å². The molecule has 0 spiro atoms. The molecule has 2 nitrogen and oxygen atoms in total. The SMILES string of the molecule is Cc1ccc(C(=O)N(C)Cc2ccc(F)cc2F)cc1Br.